The van der Waals surface area contributed by atoms with Crippen LogP contribution >= 0.6 is 11.8 Å². The summed E-state index contributed by atoms with van der Waals surface area (Å²) in [6.07, 6.45) is 37.9. The van der Waals surface area contributed by atoms with Gasteiger partial charge < -0.3 is 14.5 Å². The summed E-state index contributed by atoms with van der Waals surface area (Å²) in [5, 5.41) is 0.251. The van der Waals surface area contributed by atoms with Gasteiger partial charge in [0.1, 0.15) is 6.61 Å². The molecule has 0 atom stereocenters. The minimum absolute atomic E-state index is 0.0824. The van der Waals surface area contributed by atoms with E-state index in [4.69, 9.17) is 4.74 Å². The number of esters is 1. The Hall–Kier alpha value is -1.01. The number of amides is 1. The number of unbranched alkanes of at least 4 members (excludes halogenated alkanes) is 23. The van der Waals surface area contributed by atoms with Crippen LogP contribution in [0.1, 0.15) is 187 Å². The Bertz CT molecular complexity index is 685. The van der Waals surface area contributed by atoms with E-state index in [0.717, 1.165) is 70.3 Å². The zero-order valence-corrected chi connectivity index (χ0v) is 32.1. The molecule has 0 aromatic carbocycles. The highest BCUT2D eigenvalue weighted by molar-refractivity contribution is 8.13. The summed E-state index contributed by atoms with van der Waals surface area (Å²) in [4.78, 5) is 29.2. The standard InChI is InChI=1S/C40H78N2O3S/c1-5-7-9-11-13-14-15-16-17-18-19-20-21-22-26-30-34-42(40(44)46-38-36-41(3)4)35-31-27-24-25-29-33-39(43)45-37-32-28-23-12-10-8-6-2/h28,32H,5-27,29-31,33-38H2,1-4H3. The lowest BCUT2D eigenvalue weighted by Gasteiger charge is -2.22. The minimum atomic E-state index is -0.0824. The number of nitrogens with zero attached hydrogens (tertiary/aromatic N) is 2. The SMILES string of the molecule is CCCCCCC=CCOC(=O)CCCCCCCN(CCCCCCCCCCCCCCCCCC)C(=O)SCCN(C)C. The van der Waals surface area contributed by atoms with Crippen molar-refractivity contribution in [2.45, 2.75) is 187 Å². The third-order valence-corrected chi connectivity index (χ3v) is 9.74. The molecule has 272 valence electrons. The molecule has 46 heavy (non-hydrogen) atoms. The van der Waals surface area contributed by atoms with Crippen molar-refractivity contribution in [1.29, 1.82) is 0 Å². The quantitative estimate of drug-likeness (QED) is 0.0383. The molecular formula is C40H78N2O3S. The highest BCUT2D eigenvalue weighted by Crippen LogP contribution is 2.16. The summed E-state index contributed by atoms with van der Waals surface area (Å²) < 4.78 is 5.33. The molecular weight excluding hydrogens is 589 g/mol. The maximum absolute atomic E-state index is 13.0. The lowest BCUT2D eigenvalue weighted by atomic mass is 10.0. The molecule has 0 bridgehead atoms. The van der Waals surface area contributed by atoms with Crippen molar-refractivity contribution in [2.75, 3.05) is 46.1 Å². The molecule has 0 aliphatic heterocycles. The van der Waals surface area contributed by atoms with Crippen molar-refractivity contribution < 1.29 is 14.3 Å². The summed E-state index contributed by atoms with van der Waals surface area (Å²) in [5.41, 5.74) is 0. The summed E-state index contributed by atoms with van der Waals surface area (Å²) >= 11 is 1.48. The number of carbonyl (C=O) groups is 2. The van der Waals surface area contributed by atoms with Gasteiger partial charge >= 0.3 is 5.97 Å². The van der Waals surface area contributed by atoms with Crippen molar-refractivity contribution in [3.63, 3.8) is 0 Å². The number of ether oxygens (including phenoxy) is 1. The number of hydrogen-bond donors (Lipinski definition) is 0. The minimum Gasteiger partial charge on any atom is -0.461 e. The van der Waals surface area contributed by atoms with Crippen molar-refractivity contribution in [3.8, 4) is 0 Å². The first-order valence-electron chi connectivity index (χ1n) is 19.9. The van der Waals surface area contributed by atoms with E-state index in [2.05, 4.69) is 43.8 Å². The number of rotatable bonds is 35. The molecule has 0 unspecified atom stereocenters. The summed E-state index contributed by atoms with van der Waals surface area (Å²) in [6, 6.07) is 0. The average molecular weight is 667 g/mol. The predicted octanol–water partition coefficient (Wildman–Crippen LogP) is 12.4. The molecule has 0 fully saturated rings. The summed E-state index contributed by atoms with van der Waals surface area (Å²) in [7, 11) is 4.12. The normalized spacial score (nSPS) is 11.6. The van der Waals surface area contributed by atoms with E-state index < -0.39 is 0 Å². The molecule has 0 spiro atoms. The molecule has 0 saturated heterocycles. The zero-order valence-electron chi connectivity index (χ0n) is 31.3. The van der Waals surface area contributed by atoms with Gasteiger partial charge in [0.15, 0.2) is 0 Å². The second-order valence-corrected chi connectivity index (χ2v) is 14.8. The van der Waals surface area contributed by atoms with Crippen LogP contribution in [0.25, 0.3) is 0 Å². The van der Waals surface area contributed by atoms with Crippen LogP contribution in [0.3, 0.4) is 0 Å². The maximum atomic E-state index is 13.0. The molecule has 0 aromatic heterocycles. The zero-order chi connectivity index (χ0) is 33.8. The maximum Gasteiger partial charge on any atom is 0.306 e. The van der Waals surface area contributed by atoms with Crippen LogP contribution in [0.5, 0.6) is 0 Å². The molecule has 0 saturated carbocycles. The molecule has 0 rings (SSSR count). The Morgan fingerprint density at radius 1 is 0.543 bits per heavy atom. The number of thioether (sulfide) groups is 1. The van der Waals surface area contributed by atoms with Gasteiger partial charge in [-0.2, -0.15) is 0 Å². The molecule has 5 nitrogen and oxygen atoms in total. The van der Waals surface area contributed by atoms with Gasteiger partial charge in [-0.1, -0.05) is 173 Å². The van der Waals surface area contributed by atoms with Gasteiger partial charge in [0.2, 0.25) is 0 Å². The highest BCUT2D eigenvalue weighted by Gasteiger charge is 2.13. The molecule has 0 aromatic rings. The van der Waals surface area contributed by atoms with E-state index in [1.165, 1.54) is 134 Å². The van der Waals surface area contributed by atoms with Crippen LogP contribution in [0.15, 0.2) is 12.2 Å². The largest absolute Gasteiger partial charge is 0.461 e. The molecule has 0 N–H and O–H groups in total. The second kappa shape index (κ2) is 36.8. The highest BCUT2D eigenvalue weighted by atomic mass is 32.2. The Kier molecular flexibility index (Phi) is 36.0. The smallest absolute Gasteiger partial charge is 0.306 e. The fourth-order valence-electron chi connectivity index (χ4n) is 5.74. The molecule has 0 heterocycles. The number of hydrogen-bond acceptors (Lipinski definition) is 5. The third-order valence-electron chi connectivity index (χ3n) is 8.84. The molecule has 0 aliphatic carbocycles. The van der Waals surface area contributed by atoms with E-state index in [9.17, 15) is 9.59 Å². The Morgan fingerprint density at radius 2 is 0.978 bits per heavy atom. The first-order valence-corrected chi connectivity index (χ1v) is 20.9. The number of allylic oxidation sites excluding steroid dienone is 1. The van der Waals surface area contributed by atoms with Crippen LogP contribution in [0.4, 0.5) is 4.79 Å². The van der Waals surface area contributed by atoms with Gasteiger partial charge in [-0.15, -0.1) is 0 Å². The molecule has 0 radical (unpaired) electrons. The Balaban J connectivity index is 3.94. The molecule has 6 heteroatoms. The van der Waals surface area contributed by atoms with E-state index in [1.54, 1.807) is 0 Å². The first kappa shape index (κ1) is 45.0. The summed E-state index contributed by atoms with van der Waals surface area (Å²) in [5.74, 6) is 0.771. The lowest BCUT2D eigenvalue weighted by Crippen LogP contribution is -2.30. The number of carbonyl (C=O) groups excluding carboxylic acids is 2. The van der Waals surface area contributed by atoms with Crippen molar-refractivity contribution in [1.82, 2.24) is 9.80 Å². The van der Waals surface area contributed by atoms with Crippen molar-refractivity contribution >= 4 is 23.0 Å². The fraction of sp³-hybridized carbons (Fsp3) is 0.900. The van der Waals surface area contributed by atoms with Gasteiger partial charge in [0.25, 0.3) is 5.24 Å². The fourth-order valence-corrected chi connectivity index (χ4v) is 6.74. The Morgan fingerprint density at radius 3 is 1.46 bits per heavy atom. The predicted molar refractivity (Wildman–Crippen MR) is 204 cm³/mol. The van der Waals surface area contributed by atoms with Gasteiger partial charge in [-0.05, 0) is 46.2 Å². The monoisotopic (exact) mass is 667 g/mol. The van der Waals surface area contributed by atoms with Gasteiger partial charge in [0.05, 0.1) is 0 Å². The first-order chi connectivity index (χ1) is 22.5. The van der Waals surface area contributed by atoms with E-state index in [1.807, 2.05) is 6.08 Å². The van der Waals surface area contributed by atoms with E-state index >= 15 is 0 Å². The Labute approximate surface area is 291 Å². The van der Waals surface area contributed by atoms with Gasteiger partial charge in [-0.3, -0.25) is 9.59 Å². The van der Waals surface area contributed by atoms with Crippen LogP contribution in [0, 0.1) is 0 Å². The topological polar surface area (TPSA) is 49.9 Å². The lowest BCUT2D eigenvalue weighted by molar-refractivity contribution is -0.142. The van der Waals surface area contributed by atoms with Gasteiger partial charge in [-0.25, -0.2) is 0 Å². The summed E-state index contributed by atoms with van der Waals surface area (Å²) in [6.45, 7) is 7.61. The third kappa shape index (κ3) is 34.3. The van der Waals surface area contributed by atoms with Gasteiger partial charge in [0, 0.05) is 31.8 Å². The molecule has 0 aliphatic rings. The van der Waals surface area contributed by atoms with Crippen molar-refractivity contribution in [3.05, 3.63) is 12.2 Å². The van der Waals surface area contributed by atoms with E-state index in [0.29, 0.717) is 13.0 Å². The van der Waals surface area contributed by atoms with Crippen LogP contribution < -0.4 is 0 Å². The van der Waals surface area contributed by atoms with E-state index in [-0.39, 0.29) is 11.2 Å². The van der Waals surface area contributed by atoms with Crippen LogP contribution in [-0.2, 0) is 9.53 Å². The van der Waals surface area contributed by atoms with Crippen molar-refractivity contribution in [2.24, 2.45) is 0 Å². The van der Waals surface area contributed by atoms with Crippen LogP contribution in [-0.4, -0.2) is 67.1 Å². The average Bonchev–Trinajstić information content (AvgIpc) is 3.04. The van der Waals surface area contributed by atoms with Crippen LogP contribution in [0.2, 0.25) is 0 Å². The second-order valence-electron chi connectivity index (χ2n) is 13.7. The molecule has 1 amide bonds.